The predicted octanol–water partition coefficient (Wildman–Crippen LogP) is 9.54. The summed E-state index contributed by atoms with van der Waals surface area (Å²) < 4.78 is 0. The van der Waals surface area contributed by atoms with Gasteiger partial charge in [-0.3, -0.25) is 4.79 Å². The lowest BCUT2D eigenvalue weighted by Gasteiger charge is -2.31. The Labute approximate surface area is 249 Å². The lowest BCUT2D eigenvalue weighted by atomic mass is 9.73. The molecule has 2 aliphatic carbocycles. The number of nitrogens with one attached hydrogen (secondary N) is 1. The average Bonchev–Trinajstić information content (AvgIpc) is 3.63. The van der Waals surface area contributed by atoms with E-state index in [1.165, 1.54) is 36.0 Å². The van der Waals surface area contributed by atoms with Gasteiger partial charge in [0.2, 0.25) is 5.78 Å². The first-order valence-corrected chi connectivity index (χ1v) is 16.3. The molecule has 2 aliphatic rings. The second-order valence-electron chi connectivity index (χ2n) is 13.5. The SMILES string of the molecule is C=CCC(C)(CC)c1cc(C2C3CCC2C(P)C3)ccc1C/C=C/C(=O)c1[nH]c2cccc(C(C)(C)CC)c2c1O. The third-order valence-corrected chi connectivity index (χ3v) is 11.5. The highest BCUT2D eigenvalue weighted by atomic mass is 31.0. The molecule has 5 rings (SSSR count). The lowest BCUT2D eigenvalue weighted by molar-refractivity contribution is 0.104. The predicted molar refractivity (Wildman–Crippen MR) is 176 cm³/mol. The van der Waals surface area contributed by atoms with Gasteiger partial charge in [0, 0.05) is 5.39 Å². The van der Waals surface area contributed by atoms with E-state index in [-0.39, 0.29) is 28.1 Å². The van der Waals surface area contributed by atoms with Crippen molar-refractivity contribution in [2.75, 3.05) is 0 Å². The summed E-state index contributed by atoms with van der Waals surface area (Å²) in [6.07, 6.45) is 13.2. The first-order valence-electron chi connectivity index (χ1n) is 15.6. The van der Waals surface area contributed by atoms with Gasteiger partial charge < -0.3 is 10.1 Å². The number of hydrogen-bond acceptors (Lipinski definition) is 2. The minimum Gasteiger partial charge on any atom is -0.505 e. The molecule has 6 atom stereocenters. The van der Waals surface area contributed by atoms with Gasteiger partial charge in [0.1, 0.15) is 5.69 Å². The smallest absolute Gasteiger partial charge is 0.205 e. The average molecular weight is 570 g/mol. The molecule has 2 saturated carbocycles. The summed E-state index contributed by atoms with van der Waals surface area (Å²) in [6.45, 7) is 15.2. The minimum absolute atomic E-state index is 0.000883. The topological polar surface area (TPSA) is 53.1 Å². The zero-order valence-electron chi connectivity index (χ0n) is 25.6. The molecule has 3 aromatic rings. The molecule has 2 aromatic carbocycles. The van der Waals surface area contributed by atoms with Crippen LogP contribution < -0.4 is 0 Å². The van der Waals surface area contributed by atoms with Crippen LogP contribution in [0.2, 0.25) is 0 Å². The van der Waals surface area contributed by atoms with Crippen LogP contribution in [0.5, 0.6) is 5.75 Å². The Morgan fingerprint density at radius 1 is 1.12 bits per heavy atom. The number of allylic oxidation sites excluding steroid dienone is 3. The highest BCUT2D eigenvalue weighted by Gasteiger charge is 2.47. The summed E-state index contributed by atoms with van der Waals surface area (Å²) in [7, 11) is 3.12. The number of H-pyrrole nitrogens is 1. The molecule has 0 aliphatic heterocycles. The lowest BCUT2D eigenvalue weighted by Crippen LogP contribution is -2.23. The zero-order chi connectivity index (χ0) is 29.5. The summed E-state index contributed by atoms with van der Waals surface area (Å²) in [4.78, 5) is 16.5. The van der Waals surface area contributed by atoms with Crippen LogP contribution in [0.1, 0.15) is 112 Å². The van der Waals surface area contributed by atoms with Gasteiger partial charge in [-0.2, -0.15) is 0 Å². The molecule has 218 valence electrons. The van der Waals surface area contributed by atoms with E-state index in [0.29, 0.717) is 12.3 Å². The molecule has 1 heterocycles. The van der Waals surface area contributed by atoms with Gasteiger partial charge >= 0.3 is 0 Å². The molecular weight excluding hydrogens is 521 g/mol. The fourth-order valence-electron chi connectivity index (χ4n) is 7.75. The highest BCUT2D eigenvalue weighted by molar-refractivity contribution is 7.17. The number of carbonyl (C=O) groups is 1. The molecule has 2 N–H and O–H groups in total. The van der Waals surface area contributed by atoms with Gasteiger partial charge in [-0.05, 0) is 114 Å². The number of aromatic nitrogens is 1. The Bertz CT molecular complexity index is 1480. The van der Waals surface area contributed by atoms with Crippen LogP contribution >= 0.6 is 9.24 Å². The molecule has 3 nitrogen and oxygen atoms in total. The Hall–Kier alpha value is -2.64. The quantitative estimate of drug-likeness (QED) is 0.105. The van der Waals surface area contributed by atoms with Crippen LogP contribution in [0.4, 0.5) is 0 Å². The number of benzene rings is 2. The number of ketones is 1. The number of aromatic hydroxyl groups is 1. The first kappa shape index (κ1) is 29.8. The van der Waals surface area contributed by atoms with Gasteiger partial charge in [-0.25, -0.2) is 0 Å². The summed E-state index contributed by atoms with van der Waals surface area (Å²) in [6, 6.07) is 13.1. The van der Waals surface area contributed by atoms with Crippen molar-refractivity contribution in [3.63, 3.8) is 0 Å². The van der Waals surface area contributed by atoms with E-state index >= 15 is 0 Å². The van der Waals surface area contributed by atoms with Crippen LogP contribution in [0.25, 0.3) is 10.9 Å². The van der Waals surface area contributed by atoms with Gasteiger partial charge in [0.15, 0.2) is 5.75 Å². The molecule has 0 amide bonds. The van der Waals surface area contributed by atoms with E-state index in [1.54, 1.807) is 6.08 Å². The molecular formula is C37H48NO2P. The fraction of sp³-hybridized carbons (Fsp3) is 0.486. The Morgan fingerprint density at radius 2 is 1.90 bits per heavy atom. The monoisotopic (exact) mass is 569 g/mol. The van der Waals surface area contributed by atoms with Crippen molar-refractivity contribution in [2.45, 2.75) is 102 Å². The van der Waals surface area contributed by atoms with Gasteiger partial charge in [-0.15, -0.1) is 15.8 Å². The van der Waals surface area contributed by atoms with Gasteiger partial charge in [0.05, 0.1) is 5.52 Å². The van der Waals surface area contributed by atoms with Crippen molar-refractivity contribution in [1.29, 1.82) is 0 Å². The van der Waals surface area contributed by atoms with Crippen LogP contribution in [-0.2, 0) is 17.3 Å². The van der Waals surface area contributed by atoms with Crippen molar-refractivity contribution >= 4 is 25.9 Å². The van der Waals surface area contributed by atoms with Gasteiger partial charge in [-0.1, -0.05) is 77.1 Å². The zero-order valence-corrected chi connectivity index (χ0v) is 26.7. The largest absolute Gasteiger partial charge is 0.505 e. The van der Waals surface area contributed by atoms with E-state index in [1.807, 2.05) is 24.3 Å². The van der Waals surface area contributed by atoms with E-state index < -0.39 is 0 Å². The van der Waals surface area contributed by atoms with Crippen molar-refractivity contribution in [3.8, 4) is 5.75 Å². The summed E-state index contributed by atoms with van der Waals surface area (Å²) in [5.41, 5.74) is 6.91. The van der Waals surface area contributed by atoms with Crippen LogP contribution in [0.15, 0.2) is 61.2 Å². The molecule has 1 aromatic heterocycles. The van der Waals surface area contributed by atoms with Crippen LogP contribution in [0.3, 0.4) is 0 Å². The Kier molecular flexibility index (Phi) is 8.41. The van der Waals surface area contributed by atoms with Crippen molar-refractivity contribution in [1.82, 2.24) is 4.98 Å². The third kappa shape index (κ3) is 5.36. The maximum absolute atomic E-state index is 13.3. The number of hydrogen-bond donors (Lipinski definition) is 2. The van der Waals surface area contributed by atoms with E-state index in [0.717, 1.165) is 53.2 Å². The third-order valence-electron chi connectivity index (χ3n) is 10.8. The van der Waals surface area contributed by atoms with E-state index in [2.05, 4.69) is 79.7 Å². The number of aromatic amines is 1. The van der Waals surface area contributed by atoms with Crippen molar-refractivity contribution in [3.05, 3.63) is 89.2 Å². The molecule has 2 bridgehead atoms. The van der Waals surface area contributed by atoms with Gasteiger partial charge in [0.25, 0.3) is 0 Å². The molecule has 0 saturated heterocycles. The normalized spacial score (nSPS) is 23.9. The molecule has 0 radical (unpaired) electrons. The van der Waals surface area contributed by atoms with Crippen molar-refractivity contribution in [2.24, 2.45) is 11.8 Å². The second-order valence-corrected chi connectivity index (χ2v) is 14.4. The number of fused-ring (bicyclic) bond motifs is 3. The summed E-state index contributed by atoms with van der Waals surface area (Å²) >= 11 is 0. The highest BCUT2D eigenvalue weighted by Crippen LogP contribution is 2.57. The molecule has 2 fully saturated rings. The van der Waals surface area contributed by atoms with Crippen LogP contribution in [0, 0.1) is 11.8 Å². The van der Waals surface area contributed by atoms with Crippen molar-refractivity contribution < 1.29 is 9.90 Å². The van der Waals surface area contributed by atoms with E-state index in [4.69, 9.17) is 0 Å². The summed E-state index contributed by atoms with van der Waals surface area (Å²) in [5, 5.41) is 11.9. The number of carbonyl (C=O) groups excluding carboxylic acids is 1. The maximum Gasteiger partial charge on any atom is 0.205 e. The van der Waals surface area contributed by atoms with E-state index in [9.17, 15) is 9.90 Å². The summed E-state index contributed by atoms with van der Waals surface area (Å²) in [5.74, 6) is 2.11. The minimum atomic E-state index is -0.199. The molecule has 41 heavy (non-hydrogen) atoms. The molecule has 6 unspecified atom stereocenters. The second kappa shape index (κ2) is 11.6. The van der Waals surface area contributed by atoms with Crippen LogP contribution in [-0.4, -0.2) is 21.5 Å². The molecule has 4 heteroatoms. The Morgan fingerprint density at radius 3 is 2.54 bits per heavy atom. The standard InChI is InChI=1S/C37H48NO2P/c1-7-20-37(6,9-3)28-21-24(32-25-18-19-26(32)31(41)22-25)17-16-23(28)12-10-15-30(39)34-35(40)33-27(36(4,5)8-2)13-11-14-29(33)38-34/h7,10-11,13-17,21,25-26,31-32,38,40H,1,8-9,12,18-20,22,41H2,2-6H3/b15-10+. The first-order chi connectivity index (χ1) is 19.5. The maximum atomic E-state index is 13.3. The fourth-order valence-corrected chi connectivity index (χ4v) is 8.53. The Balaban J connectivity index is 1.44. The number of rotatable bonds is 11. The molecule has 0 spiro atoms.